The topological polar surface area (TPSA) is 56.1 Å². The molecule has 1 heterocycles. The molecule has 0 spiro atoms. The van der Waals surface area contributed by atoms with E-state index >= 15 is 0 Å². The highest BCUT2D eigenvalue weighted by molar-refractivity contribution is 5.83. The van der Waals surface area contributed by atoms with Gasteiger partial charge in [0.05, 0.1) is 12.0 Å². The van der Waals surface area contributed by atoms with Crippen molar-refractivity contribution in [2.75, 3.05) is 20.3 Å². The second-order valence-corrected chi connectivity index (χ2v) is 5.03. The third-order valence-corrected chi connectivity index (χ3v) is 3.77. The number of aromatic nitrogens is 2. The average Bonchev–Trinajstić information content (AvgIpc) is 2.69. The average molecular weight is 251 g/mol. The van der Waals surface area contributed by atoms with E-state index in [1.165, 1.54) is 0 Å². The van der Waals surface area contributed by atoms with Gasteiger partial charge in [0, 0.05) is 39.5 Å². The van der Waals surface area contributed by atoms with Crippen LogP contribution in [0.15, 0.2) is 12.4 Å². The highest BCUT2D eigenvalue weighted by Gasteiger charge is 2.43. The zero-order chi connectivity index (χ0) is 13.0. The molecule has 5 nitrogen and oxygen atoms in total. The second kappa shape index (κ2) is 5.52. The molecule has 1 N–H and O–H groups in total. The maximum atomic E-state index is 12.1. The summed E-state index contributed by atoms with van der Waals surface area (Å²) in [6.45, 7) is 1.16. The van der Waals surface area contributed by atoms with Crippen LogP contribution in [0.2, 0.25) is 0 Å². The number of hydrogen-bond donors (Lipinski definition) is 1. The summed E-state index contributed by atoms with van der Waals surface area (Å²) in [6.07, 6.45) is 7.45. The highest BCUT2D eigenvalue weighted by Crippen LogP contribution is 2.41. The van der Waals surface area contributed by atoms with Crippen molar-refractivity contribution in [2.24, 2.45) is 12.5 Å². The molecule has 0 unspecified atom stereocenters. The van der Waals surface area contributed by atoms with E-state index in [0.29, 0.717) is 13.2 Å². The quantitative estimate of drug-likeness (QED) is 0.817. The largest absolute Gasteiger partial charge is 0.384 e. The fourth-order valence-corrected chi connectivity index (χ4v) is 2.43. The van der Waals surface area contributed by atoms with E-state index < -0.39 is 0 Å². The van der Waals surface area contributed by atoms with E-state index in [4.69, 9.17) is 4.74 Å². The lowest BCUT2D eigenvalue weighted by Gasteiger charge is -2.39. The molecule has 0 saturated heterocycles. The standard InChI is InChI=1S/C13H21N3O2/c1-16-9-8-14-11(16)4-7-15-12(17)13(10-18-2)5-3-6-13/h8-9H,3-7,10H2,1-2H3,(H,15,17). The van der Waals surface area contributed by atoms with Crippen LogP contribution in [-0.2, 0) is 23.0 Å². The highest BCUT2D eigenvalue weighted by atomic mass is 16.5. The molecular formula is C13H21N3O2. The Morgan fingerprint density at radius 3 is 2.89 bits per heavy atom. The predicted molar refractivity (Wildman–Crippen MR) is 68.1 cm³/mol. The number of carbonyl (C=O) groups is 1. The minimum absolute atomic E-state index is 0.129. The number of aryl methyl sites for hydroxylation is 1. The molecule has 5 heteroatoms. The van der Waals surface area contributed by atoms with E-state index in [1.807, 2.05) is 17.8 Å². The Balaban J connectivity index is 1.79. The molecule has 1 aromatic rings. The van der Waals surface area contributed by atoms with Gasteiger partial charge in [-0.3, -0.25) is 4.79 Å². The van der Waals surface area contributed by atoms with Crippen molar-refractivity contribution in [1.82, 2.24) is 14.9 Å². The first-order valence-electron chi connectivity index (χ1n) is 6.41. The first-order chi connectivity index (χ1) is 8.68. The van der Waals surface area contributed by atoms with Crippen LogP contribution in [0.4, 0.5) is 0 Å². The van der Waals surface area contributed by atoms with Crippen LogP contribution in [0.25, 0.3) is 0 Å². The molecule has 2 rings (SSSR count). The van der Waals surface area contributed by atoms with Crippen molar-refractivity contribution in [2.45, 2.75) is 25.7 Å². The third-order valence-electron chi connectivity index (χ3n) is 3.77. The third kappa shape index (κ3) is 2.56. The van der Waals surface area contributed by atoms with Gasteiger partial charge in [0.2, 0.25) is 5.91 Å². The van der Waals surface area contributed by atoms with Gasteiger partial charge in [-0.1, -0.05) is 6.42 Å². The molecular weight excluding hydrogens is 230 g/mol. The molecule has 0 radical (unpaired) electrons. The molecule has 1 fully saturated rings. The van der Waals surface area contributed by atoms with Crippen molar-refractivity contribution in [3.05, 3.63) is 18.2 Å². The molecule has 0 atom stereocenters. The monoisotopic (exact) mass is 251 g/mol. The van der Waals surface area contributed by atoms with Crippen LogP contribution in [0.1, 0.15) is 25.1 Å². The van der Waals surface area contributed by atoms with Crippen LogP contribution >= 0.6 is 0 Å². The number of hydrogen-bond acceptors (Lipinski definition) is 3. The Morgan fingerprint density at radius 2 is 2.39 bits per heavy atom. The van der Waals surface area contributed by atoms with E-state index in [-0.39, 0.29) is 11.3 Å². The van der Waals surface area contributed by atoms with Crippen LogP contribution in [0.3, 0.4) is 0 Å². The molecule has 0 aromatic carbocycles. The van der Waals surface area contributed by atoms with Crippen LogP contribution < -0.4 is 5.32 Å². The minimum Gasteiger partial charge on any atom is -0.384 e. The summed E-state index contributed by atoms with van der Waals surface area (Å²) in [6, 6.07) is 0. The fraction of sp³-hybridized carbons (Fsp3) is 0.692. The van der Waals surface area contributed by atoms with Crippen molar-refractivity contribution in [3.63, 3.8) is 0 Å². The molecule has 1 saturated carbocycles. The summed E-state index contributed by atoms with van der Waals surface area (Å²) in [5.41, 5.74) is -0.267. The van der Waals surface area contributed by atoms with Gasteiger partial charge < -0.3 is 14.6 Å². The molecule has 0 bridgehead atoms. The number of methoxy groups -OCH3 is 1. The fourth-order valence-electron chi connectivity index (χ4n) is 2.43. The van der Waals surface area contributed by atoms with E-state index in [0.717, 1.165) is 31.5 Å². The van der Waals surface area contributed by atoms with Gasteiger partial charge in [-0.15, -0.1) is 0 Å². The van der Waals surface area contributed by atoms with Gasteiger partial charge in [0.25, 0.3) is 0 Å². The van der Waals surface area contributed by atoms with Gasteiger partial charge in [-0.2, -0.15) is 0 Å². The number of rotatable bonds is 6. The Morgan fingerprint density at radius 1 is 1.61 bits per heavy atom. The van der Waals surface area contributed by atoms with E-state index in [1.54, 1.807) is 13.3 Å². The molecule has 1 aliphatic rings. The summed E-state index contributed by atoms with van der Waals surface area (Å²) in [4.78, 5) is 16.4. The van der Waals surface area contributed by atoms with Crippen LogP contribution in [0.5, 0.6) is 0 Å². The zero-order valence-electron chi connectivity index (χ0n) is 11.1. The lowest BCUT2D eigenvalue weighted by atomic mass is 9.68. The summed E-state index contributed by atoms with van der Waals surface area (Å²) in [5, 5.41) is 3.00. The predicted octanol–water partition coefficient (Wildman–Crippen LogP) is 0.895. The molecule has 0 aliphatic heterocycles. The lowest BCUT2D eigenvalue weighted by Crippen LogP contribution is -2.49. The Labute approximate surface area is 108 Å². The van der Waals surface area contributed by atoms with Crippen molar-refractivity contribution < 1.29 is 9.53 Å². The number of imidazole rings is 1. The van der Waals surface area contributed by atoms with Crippen LogP contribution in [-0.4, -0.2) is 35.7 Å². The maximum absolute atomic E-state index is 12.1. The molecule has 1 amide bonds. The molecule has 100 valence electrons. The molecule has 1 aliphatic carbocycles. The molecule has 18 heavy (non-hydrogen) atoms. The van der Waals surface area contributed by atoms with E-state index in [2.05, 4.69) is 10.3 Å². The summed E-state index contributed by atoms with van der Waals surface area (Å²) in [5.74, 6) is 1.12. The van der Waals surface area contributed by atoms with Gasteiger partial charge in [-0.25, -0.2) is 4.98 Å². The zero-order valence-corrected chi connectivity index (χ0v) is 11.1. The maximum Gasteiger partial charge on any atom is 0.228 e. The Kier molecular flexibility index (Phi) is 4.01. The Hall–Kier alpha value is -1.36. The number of amides is 1. The van der Waals surface area contributed by atoms with E-state index in [9.17, 15) is 4.79 Å². The molecule has 1 aromatic heterocycles. The number of nitrogens with zero attached hydrogens (tertiary/aromatic N) is 2. The smallest absolute Gasteiger partial charge is 0.228 e. The number of carbonyl (C=O) groups excluding carboxylic acids is 1. The second-order valence-electron chi connectivity index (χ2n) is 5.03. The van der Waals surface area contributed by atoms with Gasteiger partial charge >= 0.3 is 0 Å². The SMILES string of the molecule is COCC1(C(=O)NCCc2nccn2C)CCC1. The van der Waals surface area contributed by atoms with Crippen molar-refractivity contribution in [3.8, 4) is 0 Å². The number of ether oxygens (including phenoxy) is 1. The summed E-state index contributed by atoms with van der Waals surface area (Å²) >= 11 is 0. The van der Waals surface area contributed by atoms with Gasteiger partial charge in [0.1, 0.15) is 5.82 Å². The van der Waals surface area contributed by atoms with Gasteiger partial charge in [-0.05, 0) is 12.8 Å². The van der Waals surface area contributed by atoms with Gasteiger partial charge in [0.15, 0.2) is 0 Å². The normalized spacial score (nSPS) is 17.2. The first-order valence-corrected chi connectivity index (χ1v) is 6.41. The minimum atomic E-state index is -0.267. The summed E-state index contributed by atoms with van der Waals surface area (Å²) in [7, 11) is 3.61. The summed E-state index contributed by atoms with van der Waals surface area (Å²) < 4.78 is 7.14. The van der Waals surface area contributed by atoms with Crippen molar-refractivity contribution in [1.29, 1.82) is 0 Å². The Bertz CT molecular complexity index is 410. The first kappa shape index (κ1) is 13.1. The van der Waals surface area contributed by atoms with Crippen molar-refractivity contribution >= 4 is 5.91 Å². The van der Waals surface area contributed by atoms with Crippen LogP contribution in [0, 0.1) is 5.41 Å². The lowest BCUT2D eigenvalue weighted by molar-refractivity contribution is -0.140. The number of nitrogens with one attached hydrogen (secondary N) is 1.